The number of amidine groups is 1. The zero-order valence-electron chi connectivity index (χ0n) is 11.2. The number of nitrogens with two attached hydrogens (primary N) is 1. The lowest BCUT2D eigenvalue weighted by Crippen LogP contribution is -2.13. The molecule has 0 saturated heterocycles. The molecule has 0 radical (unpaired) electrons. The van der Waals surface area contributed by atoms with Gasteiger partial charge in [-0.2, -0.15) is 0 Å². The fourth-order valence-electron chi connectivity index (χ4n) is 1.98. The van der Waals surface area contributed by atoms with Crippen LogP contribution in [0.3, 0.4) is 0 Å². The minimum absolute atomic E-state index is 0.119. The highest BCUT2D eigenvalue weighted by molar-refractivity contribution is 6.00. The summed E-state index contributed by atoms with van der Waals surface area (Å²) in [5.74, 6) is 0.119. The molecule has 0 aliphatic rings. The van der Waals surface area contributed by atoms with Crippen LogP contribution in [0.4, 0.5) is 0 Å². The molecule has 0 amide bonds. The maximum Gasteiger partial charge on any atom is 0.170 e. The molecular weight excluding hydrogens is 242 g/mol. The summed E-state index contributed by atoms with van der Waals surface area (Å²) in [5.41, 5.74) is 7.37. The maximum absolute atomic E-state index is 8.72. The second-order valence-corrected chi connectivity index (χ2v) is 4.69. The van der Waals surface area contributed by atoms with Crippen molar-refractivity contribution in [3.8, 4) is 0 Å². The van der Waals surface area contributed by atoms with Gasteiger partial charge >= 0.3 is 0 Å². The van der Waals surface area contributed by atoms with Gasteiger partial charge in [0.2, 0.25) is 0 Å². The Hall–Kier alpha value is -2.01. The van der Waals surface area contributed by atoms with Crippen LogP contribution in [-0.4, -0.2) is 28.3 Å². The topological polar surface area (TPSA) is 72.8 Å². The highest BCUT2D eigenvalue weighted by Crippen LogP contribution is 2.17. The molecule has 0 aliphatic carbocycles. The Morgan fingerprint density at radius 1 is 1.42 bits per heavy atom. The van der Waals surface area contributed by atoms with E-state index in [0.29, 0.717) is 12.2 Å². The smallest absolute Gasteiger partial charge is 0.170 e. The van der Waals surface area contributed by atoms with Crippen molar-refractivity contribution in [3.05, 3.63) is 36.0 Å². The number of fused-ring (bicyclic) bond motifs is 1. The van der Waals surface area contributed by atoms with Crippen LogP contribution in [0.25, 0.3) is 10.9 Å². The van der Waals surface area contributed by atoms with Crippen molar-refractivity contribution < 1.29 is 9.94 Å². The van der Waals surface area contributed by atoms with Crippen molar-refractivity contribution in [2.24, 2.45) is 10.9 Å². The molecule has 0 saturated carbocycles. The Morgan fingerprint density at radius 2 is 2.21 bits per heavy atom. The zero-order valence-corrected chi connectivity index (χ0v) is 11.2. The number of hydrogen-bond acceptors (Lipinski definition) is 3. The van der Waals surface area contributed by atoms with Gasteiger partial charge in [0, 0.05) is 23.8 Å². The Kier molecular flexibility index (Phi) is 4.06. The third-order valence-electron chi connectivity index (χ3n) is 2.96. The van der Waals surface area contributed by atoms with Crippen molar-refractivity contribution in [2.45, 2.75) is 26.5 Å². The van der Waals surface area contributed by atoms with Crippen LogP contribution in [0, 0.1) is 0 Å². The van der Waals surface area contributed by atoms with E-state index >= 15 is 0 Å². The molecule has 3 N–H and O–H groups in total. The van der Waals surface area contributed by atoms with Gasteiger partial charge in [-0.25, -0.2) is 0 Å². The van der Waals surface area contributed by atoms with Gasteiger partial charge in [0.25, 0.3) is 0 Å². The zero-order chi connectivity index (χ0) is 13.8. The fourth-order valence-corrected chi connectivity index (χ4v) is 1.98. The number of hydrogen-bond donors (Lipinski definition) is 2. The van der Waals surface area contributed by atoms with E-state index in [2.05, 4.69) is 9.72 Å². The molecule has 1 heterocycles. The lowest BCUT2D eigenvalue weighted by molar-refractivity contribution is 0.0733. The van der Waals surface area contributed by atoms with Crippen LogP contribution in [0.5, 0.6) is 0 Å². The van der Waals surface area contributed by atoms with Crippen LogP contribution in [0.1, 0.15) is 19.4 Å². The molecule has 2 aromatic rings. The Balaban J connectivity index is 2.24. The first kappa shape index (κ1) is 13.4. The minimum atomic E-state index is 0.119. The minimum Gasteiger partial charge on any atom is -0.409 e. The summed E-state index contributed by atoms with van der Waals surface area (Å²) in [6.07, 6.45) is 2.25. The second kappa shape index (κ2) is 5.75. The SMILES string of the molecule is CC(C)OCCn1ccc2ccc(/C(N)=N/O)cc21. The first-order valence-electron chi connectivity index (χ1n) is 6.30. The normalized spacial score (nSPS) is 12.5. The van der Waals surface area contributed by atoms with Crippen molar-refractivity contribution in [3.63, 3.8) is 0 Å². The summed E-state index contributed by atoms with van der Waals surface area (Å²) in [5, 5.41) is 12.9. The van der Waals surface area contributed by atoms with Crippen LogP contribution >= 0.6 is 0 Å². The van der Waals surface area contributed by atoms with E-state index in [-0.39, 0.29) is 11.9 Å². The Labute approximate surface area is 112 Å². The Bertz CT molecular complexity index is 587. The maximum atomic E-state index is 8.72. The third-order valence-corrected chi connectivity index (χ3v) is 2.96. The first-order valence-corrected chi connectivity index (χ1v) is 6.30. The predicted molar refractivity (Wildman–Crippen MR) is 75.5 cm³/mol. The quantitative estimate of drug-likeness (QED) is 0.375. The number of rotatable bonds is 5. The summed E-state index contributed by atoms with van der Waals surface area (Å²) in [6, 6.07) is 7.76. The highest BCUT2D eigenvalue weighted by atomic mass is 16.5. The number of oxime groups is 1. The molecule has 5 heteroatoms. The van der Waals surface area contributed by atoms with Crippen molar-refractivity contribution in [2.75, 3.05) is 6.61 Å². The molecule has 0 atom stereocenters. The number of nitrogens with zero attached hydrogens (tertiary/aromatic N) is 2. The highest BCUT2D eigenvalue weighted by Gasteiger charge is 2.05. The van der Waals surface area contributed by atoms with E-state index in [1.165, 1.54) is 0 Å². The van der Waals surface area contributed by atoms with Gasteiger partial charge in [0.05, 0.1) is 12.7 Å². The molecule has 5 nitrogen and oxygen atoms in total. The predicted octanol–water partition coefficient (Wildman–Crippen LogP) is 2.16. The molecule has 0 aliphatic heterocycles. The lowest BCUT2D eigenvalue weighted by atomic mass is 10.1. The van der Waals surface area contributed by atoms with Crippen molar-refractivity contribution in [1.29, 1.82) is 0 Å². The molecule has 19 heavy (non-hydrogen) atoms. The van der Waals surface area contributed by atoms with E-state index in [0.717, 1.165) is 17.4 Å². The van der Waals surface area contributed by atoms with E-state index in [4.69, 9.17) is 15.7 Å². The largest absolute Gasteiger partial charge is 0.409 e. The third kappa shape index (κ3) is 3.06. The van der Waals surface area contributed by atoms with Gasteiger partial charge in [-0.15, -0.1) is 0 Å². The number of benzene rings is 1. The van der Waals surface area contributed by atoms with Gasteiger partial charge in [0.15, 0.2) is 5.84 Å². The fraction of sp³-hybridized carbons (Fsp3) is 0.357. The van der Waals surface area contributed by atoms with E-state index < -0.39 is 0 Å². The van der Waals surface area contributed by atoms with Crippen LogP contribution < -0.4 is 5.73 Å². The number of ether oxygens (including phenoxy) is 1. The molecular formula is C14H19N3O2. The standard InChI is InChI=1S/C14H19N3O2/c1-10(2)19-8-7-17-6-5-11-3-4-12(9-13(11)17)14(15)16-18/h3-6,9-10,18H,7-8H2,1-2H3,(H2,15,16). The lowest BCUT2D eigenvalue weighted by Gasteiger charge is -2.09. The monoisotopic (exact) mass is 261 g/mol. The average Bonchev–Trinajstić information content (AvgIpc) is 2.80. The summed E-state index contributed by atoms with van der Waals surface area (Å²) in [6.45, 7) is 5.48. The van der Waals surface area contributed by atoms with Crippen molar-refractivity contribution >= 4 is 16.7 Å². The summed E-state index contributed by atoms with van der Waals surface area (Å²) in [4.78, 5) is 0. The van der Waals surface area contributed by atoms with Gasteiger partial charge < -0.3 is 20.2 Å². The molecule has 0 unspecified atom stereocenters. The van der Waals surface area contributed by atoms with Gasteiger partial charge in [0.1, 0.15) is 0 Å². The molecule has 102 valence electrons. The molecule has 2 rings (SSSR count). The van der Waals surface area contributed by atoms with Crippen molar-refractivity contribution in [1.82, 2.24) is 4.57 Å². The second-order valence-electron chi connectivity index (χ2n) is 4.69. The number of aromatic nitrogens is 1. The molecule has 1 aromatic heterocycles. The molecule has 1 aromatic carbocycles. The summed E-state index contributed by atoms with van der Waals surface area (Å²) < 4.78 is 7.66. The van der Waals surface area contributed by atoms with E-state index in [1.54, 1.807) is 0 Å². The van der Waals surface area contributed by atoms with Gasteiger partial charge in [-0.05, 0) is 31.4 Å². The van der Waals surface area contributed by atoms with Gasteiger partial charge in [-0.3, -0.25) is 0 Å². The van der Waals surface area contributed by atoms with Crippen LogP contribution in [-0.2, 0) is 11.3 Å². The molecule has 0 fully saturated rings. The average molecular weight is 261 g/mol. The molecule has 0 bridgehead atoms. The van der Waals surface area contributed by atoms with Gasteiger partial charge in [-0.1, -0.05) is 17.3 Å². The van der Waals surface area contributed by atoms with E-state index in [9.17, 15) is 0 Å². The first-order chi connectivity index (χ1) is 9.11. The van der Waals surface area contributed by atoms with E-state index in [1.807, 2.05) is 44.3 Å². The van der Waals surface area contributed by atoms with Crippen LogP contribution in [0.15, 0.2) is 35.6 Å². The Morgan fingerprint density at radius 3 is 2.89 bits per heavy atom. The molecule has 0 spiro atoms. The van der Waals surface area contributed by atoms with Crippen LogP contribution in [0.2, 0.25) is 0 Å². The summed E-state index contributed by atoms with van der Waals surface area (Å²) in [7, 11) is 0. The summed E-state index contributed by atoms with van der Waals surface area (Å²) >= 11 is 0.